The predicted molar refractivity (Wildman–Crippen MR) is 77.2 cm³/mol. The van der Waals surface area contributed by atoms with Crippen LogP contribution in [0.1, 0.15) is 19.3 Å². The van der Waals surface area contributed by atoms with E-state index in [-0.39, 0.29) is 11.7 Å². The summed E-state index contributed by atoms with van der Waals surface area (Å²) in [6.45, 7) is 0. The number of nitrogens with zero attached hydrogens (tertiary/aromatic N) is 2. The van der Waals surface area contributed by atoms with Crippen molar-refractivity contribution in [3.05, 3.63) is 26.9 Å². The third-order valence-corrected chi connectivity index (χ3v) is 4.62. The summed E-state index contributed by atoms with van der Waals surface area (Å²) in [5.74, 6) is 0.370. The first kappa shape index (κ1) is 13.6. The maximum Gasteiger partial charge on any atom is 0.312 e. The van der Waals surface area contributed by atoms with Crippen LogP contribution in [0.25, 0.3) is 0 Å². The number of rotatable bonds is 4. The first-order valence-corrected chi connectivity index (χ1v) is 7.77. The maximum absolute atomic E-state index is 11.0. The molecule has 2 atom stereocenters. The molecule has 0 saturated heterocycles. The predicted octanol–water partition coefficient (Wildman–Crippen LogP) is 3.45. The van der Waals surface area contributed by atoms with Gasteiger partial charge in [0.1, 0.15) is 0 Å². The molecule has 2 unspecified atom stereocenters. The van der Waals surface area contributed by atoms with Crippen LogP contribution in [0.5, 0.6) is 0 Å². The summed E-state index contributed by atoms with van der Waals surface area (Å²) in [6, 6.07) is 1.77. The van der Waals surface area contributed by atoms with Gasteiger partial charge >= 0.3 is 5.69 Å². The number of hydrogen-bond donors (Lipinski definition) is 1. The molecule has 5 nitrogen and oxygen atoms in total. The van der Waals surface area contributed by atoms with Crippen LogP contribution < -0.4 is 5.32 Å². The lowest BCUT2D eigenvalue weighted by Gasteiger charge is -2.13. The Morgan fingerprint density at radius 2 is 2.39 bits per heavy atom. The van der Waals surface area contributed by atoms with Gasteiger partial charge < -0.3 is 5.32 Å². The van der Waals surface area contributed by atoms with E-state index in [1.807, 2.05) is 11.8 Å². The first-order valence-electron chi connectivity index (χ1n) is 5.69. The number of thioether (sulfide) groups is 1. The molecule has 1 saturated carbocycles. The topological polar surface area (TPSA) is 68.1 Å². The summed E-state index contributed by atoms with van der Waals surface area (Å²) in [6.07, 6.45) is 6.92. The first-order chi connectivity index (χ1) is 8.60. The molecule has 0 amide bonds. The molecule has 7 heteroatoms. The zero-order valence-corrected chi connectivity index (χ0v) is 12.3. The van der Waals surface area contributed by atoms with Gasteiger partial charge in [-0.1, -0.05) is 0 Å². The van der Waals surface area contributed by atoms with Gasteiger partial charge in [0.15, 0.2) is 0 Å². The summed E-state index contributed by atoms with van der Waals surface area (Å²) >= 11 is 5.06. The standard InChI is InChI=1S/C11H14BrN3O2S/c1-18-9-3-2-8(5-9)14-11-10(15(16)17)4-7(12)6-13-11/h4,6,8-9H,2-3,5H2,1H3,(H,13,14). The van der Waals surface area contributed by atoms with Gasteiger partial charge in [-0.25, -0.2) is 4.98 Å². The zero-order chi connectivity index (χ0) is 13.1. The summed E-state index contributed by atoms with van der Waals surface area (Å²) in [7, 11) is 0. The molecule has 1 aromatic rings. The third kappa shape index (κ3) is 3.14. The Labute approximate surface area is 118 Å². The molecule has 98 valence electrons. The second-order valence-electron chi connectivity index (χ2n) is 4.29. The van der Waals surface area contributed by atoms with Crippen LogP contribution in [-0.4, -0.2) is 27.5 Å². The van der Waals surface area contributed by atoms with Gasteiger partial charge in [0.25, 0.3) is 0 Å². The molecule has 1 N–H and O–H groups in total. The number of anilines is 1. The van der Waals surface area contributed by atoms with Crippen LogP contribution in [0.3, 0.4) is 0 Å². The minimum Gasteiger partial charge on any atom is -0.362 e. The average molecular weight is 332 g/mol. The fourth-order valence-corrected chi connectivity index (χ4v) is 3.27. The fraction of sp³-hybridized carbons (Fsp3) is 0.545. The van der Waals surface area contributed by atoms with Crippen LogP contribution in [0.4, 0.5) is 11.5 Å². The van der Waals surface area contributed by atoms with E-state index in [9.17, 15) is 10.1 Å². The van der Waals surface area contributed by atoms with Gasteiger partial charge in [-0.05, 0) is 41.4 Å². The molecule has 0 spiro atoms. The lowest BCUT2D eigenvalue weighted by molar-refractivity contribution is -0.384. The molecule has 1 aromatic heterocycles. The molecule has 0 bridgehead atoms. The number of aromatic nitrogens is 1. The Bertz CT molecular complexity index is 458. The monoisotopic (exact) mass is 331 g/mol. The molecule has 2 rings (SSSR count). The highest BCUT2D eigenvalue weighted by molar-refractivity contribution is 9.10. The highest BCUT2D eigenvalue weighted by Gasteiger charge is 2.26. The van der Waals surface area contributed by atoms with Gasteiger partial charge in [-0.15, -0.1) is 0 Å². The SMILES string of the molecule is CSC1CCC(Nc2ncc(Br)cc2[N+](=O)[O-])C1. The number of nitrogens with one attached hydrogen (secondary N) is 1. The largest absolute Gasteiger partial charge is 0.362 e. The van der Waals surface area contributed by atoms with Gasteiger partial charge in [0, 0.05) is 28.0 Å². The van der Waals surface area contributed by atoms with Crippen molar-refractivity contribution in [3.8, 4) is 0 Å². The van der Waals surface area contributed by atoms with Gasteiger partial charge in [0.05, 0.1) is 4.92 Å². The molecule has 0 aromatic carbocycles. The molecular weight excluding hydrogens is 318 g/mol. The minimum atomic E-state index is -0.402. The molecule has 1 heterocycles. The quantitative estimate of drug-likeness (QED) is 0.676. The van der Waals surface area contributed by atoms with E-state index in [1.165, 1.54) is 6.07 Å². The molecule has 0 aliphatic heterocycles. The van der Waals surface area contributed by atoms with Crippen molar-refractivity contribution in [1.82, 2.24) is 4.98 Å². The van der Waals surface area contributed by atoms with Crippen LogP contribution >= 0.6 is 27.7 Å². The Morgan fingerprint density at radius 1 is 1.61 bits per heavy atom. The van der Waals surface area contributed by atoms with Crippen molar-refractivity contribution < 1.29 is 4.92 Å². The molecule has 1 aliphatic carbocycles. The number of halogens is 1. The molecule has 1 aliphatic rings. The zero-order valence-electron chi connectivity index (χ0n) is 9.93. The van der Waals surface area contributed by atoms with E-state index in [0.717, 1.165) is 19.3 Å². The van der Waals surface area contributed by atoms with Crippen LogP contribution in [-0.2, 0) is 0 Å². The van der Waals surface area contributed by atoms with E-state index in [1.54, 1.807) is 6.20 Å². The molecular formula is C11H14BrN3O2S. The normalized spacial score (nSPS) is 23.0. The van der Waals surface area contributed by atoms with Gasteiger partial charge in [-0.2, -0.15) is 11.8 Å². The van der Waals surface area contributed by atoms with Gasteiger partial charge in [-0.3, -0.25) is 10.1 Å². The Balaban J connectivity index is 2.12. The summed E-state index contributed by atoms with van der Waals surface area (Å²) in [4.78, 5) is 14.7. The van der Waals surface area contributed by atoms with Crippen LogP contribution in [0.15, 0.2) is 16.7 Å². The summed E-state index contributed by atoms with van der Waals surface area (Å²) in [5.41, 5.74) is 0.0250. The second-order valence-corrected chi connectivity index (χ2v) is 6.34. The van der Waals surface area contributed by atoms with E-state index < -0.39 is 4.92 Å². The minimum absolute atomic E-state index is 0.0250. The van der Waals surface area contributed by atoms with Crippen molar-refractivity contribution in [3.63, 3.8) is 0 Å². The fourth-order valence-electron chi connectivity index (χ4n) is 2.16. The number of nitro groups is 1. The smallest absolute Gasteiger partial charge is 0.312 e. The molecule has 18 heavy (non-hydrogen) atoms. The van der Waals surface area contributed by atoms with E-state index in [0.29, 0.717) is 15.5 Å². The summed E-state index contributed by atoms with van der Waals surface area (Å²) < 4.78 is 0.619. The second kappa shape index (κ2) is 5.88. The average Bonchev–Trinajstić information content (AvgIpc) is 2.79. The number of pyridine rings is 1. The Morgan fingerprint density at radius 3 is 3.00 bits per heavy atom. The van der Waals surface area contributed by atoms with Crippen molar-refractivity contribution in [1.29, 1.82) is 0 Å². The lowest BCUT2D eigenvalue weighted by atomic mass is 10.2. The Hall–Kier alpha value is -0.820. The third-order valence-electron chi connectivity index (χ3n) is 3.09. The highest BCUT2D eigenvalue weighted by atomic mass is 79.9. The van der Waals surface area contributed by atoms with E-state index >= 15 is 0 Å². The Kier molecular flexibility index (Phi) is 4.45. The van der Waals surface area contributed by atoms with Crippen molar-refractivity contribution in [2.75, 3.05) is 11.6 Å². The highest BCUT2D eigenvalue weighted by Crippen LogP contribution is 2.32. The van der Waals surface area contributed by atoms with Crippen molar-refractivity contribution in [2.45, 2.75) is 30.6 Å². The van der Waals surface area contributed by atoms with E-state index in [4.69, 9.17) is 0 Å². The maximum atomic E-state index is 11.0. The van der Waals surface area contributed by atoms with E-state index in [2.05, 4.69) is 32.5 Å². The molecule has 0 radical (unpaired) electrons. The van der Waals surface area contributed by atoms with Gasteiger partial charge in [0.2, 0.25) is 5.82 Å². The van der Waals surface area contributed by atoms with Crippen molar-refractivity contribution in [2.24, 2.45) is 0 Å². The lowest BCUT2D eigenvalue weighted by Crippen LogP contribution is -2.17. The van der Waals surface area contributed by atoms with Crippen LogP contribution in [0.2, 0.25) is 0 Å². The summed E-state index contributed by atoms with van der Waals surface area (Å²) in [5, 5.41) is 14.8. The van der Waals surface area contributed by atoms with Crippen molar-refractivity contribution >= 4 is 39.2 Å². The number of hydrogen-bond acceptors (Lipinski definition) is 5. The molecule has 1 fully saturated rings. The van der Waals surface area contributed by atoms with Crippen LogP contribution in [0, 0.1) is 10.1 Å².